The molecule has 0 aromatic heterocycles. The smallest absolute Gasteiger partial charge is 0.420 e. The molecule has 21 heavy (non-hydrogen) atoms. The first-order valence-electron chi connectivity index (χ1n) is 5.91. The van der Waals surface area contributed by atoms with Crippen molar-refractivity contribution in [2.75, 3.05) is 6.61 Å². The van der Waals surface area contributed by atoms with Gasteiger partial charge in [-0.3, -0.25) is 0 Å². The fraction of sp³-hybridized carbons (Fsp3) is 0.750. The van der Waals surface area contributed by atoms with Crippen LogP contribution in [0.5, 0.6) is 0 Å². The van der Waals surface area contributed by atoms with Crippen molar-refractivity contribution in [3.8, 4) is 0 Å². The van der Waals surface area contributed by atoms with Gasteiger partial charge in [-0.1, -0.05) is 6.58 Å². The number of rotatable bonds is 7. The molecule has 0 saturated carbocycles. The molecule has 0 saturated heterocycles. The molecule has 0 aliphatic carbocycles. The van der Waals surface area contributed by atoms with Gasteiger partial charge in [-0.15, -0.1) is 0 Å². The summed E-state index contributed by atoms with van der Waals surface area (Å²) in [6.45, 7) is 4.72. The molecular formula is C12H17F5O4. The number of hydrogen-bond donors (Lipinski definition) is 2. The zero-order valence-electron chi connectivity index (χ0n) is 11.5. The van der Waals surface area contributed by atoms with Gasteiger partial charge in [0.1, 0.15) is 5.60 Å². The standard InChI is InChI=1S/C12H17F5O4/c1-7(2)8(18)21-6-4-5-10(3,20)11(13,14)9(19)12(15,16)17/h9,19-20H,1,4-6H2,2-3H3. The van der Waals surface area contributed by atoms with E-state index in [1.165, 1.54) is 6.92 Å². The van der Waals surface area contributed by atoms with Crippen LogP contribution in [0.1, 0.15) is 26.7 Å². The van der Waals surface area contributed by atoms with Crippen LogP contribution in [0.25, 0.3) is 0 Å². The lowest BCUT2D eigenvalue weighted by atomic mass is 9.88. The summed E-state index contributed by atoms with van der Waals surface area (Å²) < 4.78 is 67.9. The van der Waals surface area contributed by atoms with Crippen molar-refractivity contribution in [2.24, 2.45) is 0 Å². The SMILES string of the molecule is C=C(C)C(=O)OCCCC(C)(O)C(F)(F)C(O)C(F)(F)F. The third-order valence-corrected chi connectivity index (χ3v) is 2.76. The van der Waals surface area contributed by atoms with Gasteiger partial charge < -0.3 is 14.9 Å². The quantitative estimate of drug-likeness (QED) is 0.327. The molecule has 0 aliphatic rings. The van der Waals surface area contributed by atoms with E-state index in [1.54, 1.807) is 0 Å². The molecule has 0 aromatic carbocycles. The summed E-state index contributed by atoms with van der Waals surface area (Å²) >= 11 is 0. The number of hydrogen-bond acceptors (Lipinski definition) is 4. The third-order valence-electron chi connectivity index (χ3n) is 2.76. The molecule has 4 nitrogen and oxygen atoms in total. The first-order chi connectivity index (χ1) is 9.23. The molecule has 124 valence electrons. The van der Waals surface area contributed by atoms with Crippen LogP contribution in [-0.2, 0) is 9.53 Å². The van der Waals surface area contributed by atoms with Gasteiger partial charge in [0.2, 0.25) is 6.10 Å². The van der Waals surface area contributed by atoms with Crippen LogP contribution >= 0.6 is 0 Å². The minimum Gasteiger partial charge on any atom is -0.462 e. The molecule has 0 heterocycles. The van der Waals surface area contributed by atoms with Crippen molar-refractivity contribution in [3.63, 3.8) is 0 Å². The molecule has 0 aromatic rings. The van der Waals surface area contributed by atoms with Crippen molar-refractivity contribution in [1.29, 1.82) is 0 Å². The van der Waals surface area contributed by atoms with E-state index in [2.05, 4.69) is 11.3 Å². The molecule has 2 N–H and O–H groups in total. The topological polar surface area (TPSA) is 66.8 Å². The number of alkyl halides is 5. The monoisotopic (exact) mass is 320 g/mol. The van der Waals surface area contributed by atoms with Gasteiger partial charge >= 0.3 is 18.1 Å². The van der Waals surface area contributed by atoms with Crippen molar-refractivity contribution >= 4 is 5.97 Å². The average molecular weight is 320 g/mol. The largest absolute Gasteiger partial charge is 0.462 e. The van der Waals surface area contributed by atoms with Gasteiger partial charge in [0, 0.05) is 5.57 Å². The Morgan fingerprint density at radius 3 is 2.14 bits per heavy atom. The maximum Gasteiger partial charge on any atom is 0.420 e. The minimum absolute atomic E-state index is 0.0691. The van der Waals surface area contributed by atoms with E-state index in [0.717, 1.165) is 0 Å². The lowest BCUT2D eigenvalue weighted by Gasteiger charge is -2.36. The van der Waals surface area contributed by atoms with Crippen LogP contribution in [0.3, 0.4) is 0 Å². The highest BCUT2D eigenvalue weighted by Crippen LogP contribution is 2.41. The Morgan fingerprint density at radius 2 is 1.76 bits per heavy atom. The Balaban J connectivity index is 4.61. The fourth-order valence-electron chi connectivity index (χ4n) is 1.37. The Hall–Kier alpha value is -1.22. The predicted molar refractivity (Wildman–Crippen MR) is 62.6 cm³/mol. The molecular weight excluding hydrogens is 303 g/mol. The highest BCUT2D eigenvalue weighted by Gasteiger charge is 2.63. The molecule has 0 bridgehead atoms. The molecule has 0 fully saturated rings. The van der Waals surface area contributed by atoms with E-state index in [-0.39, 0.29) is 18.6 Å². The van der Waals surface area contributed by atoms with Crippen LogP contribution in [0.4, 0.5) is 22.0 Å². The van der Waals surface area contributed by atoms with E-state index in [1.807, 2.05) is 0 Å². The number of carbonyl (C=O) groups excluding carboxylic acids is 1. The lowest BCUT2D eigenvalue weighted by Crippen LogP contribution is -2.58. The summed E-state index contributed by atoms with van der Waals surface area (Å²) in [5, 5.41) is 18.1. The van der Waals surface area contributed by atoms with Crippen LogP contribution < -0.4 is 0 Å². The van der Waals surface area contributed by atoms with Crippen molar-refractivity contribution in [1.82, 2.24) is 0 Å². The Bertz CT molecular complexity index is 390. The Morgan fingerprint density at radius 1 is 1.29 bits per heavy atom. The summed E-state index contributed by atoms with van der Waals surface area (Å²) in [6, 6.07) is 0. The summed E-state index contributed by atoms with van der Waals surface area (Å²) in [5.41, 5.74) is -3.04. The molecule has 2 atom stereocenters. The summed E-state index contributed by atoms with van der Waals surface area (Å²) in [6.07, 6.45) is -10.7. The number of aliphatic hydroxyl groups excluding tert-OH is 1. The second kappa shape index (κ2) is 6.69. The van der Waals surface area contributed by atoms with E-state index in [0.29, 0.717) is 6.92 Å². The zero-order valence-corrected chi connectivity index (χ0v) is 11.5. The highest BCUT2D eigenvalue weighted by molar-refractivity contribution is 5.86. The predicted octanol–water partition coefficient (Wildman–Crippen LogP) is 2.20. The molecule has 0 aliphatic heterocycles. The third kappa shape index (κ3) is 5.24. The zero-order chi connectivity index (χ0) is 17.1. The molecule has 0 rings (SSSR count). The van der Waals surface area contributed by atoms with Crippen molar-refractivity contribution < 1.29 is 41.7 Å². The van der Waals surface area contributed by atoms with Gasteiger partial charge in [0.25, 0.3) is 0 Å². The molecule has 9 heteroatoms. The second-order valence-corrected chi connectivity index (χ2v) is 4.86. The first-order valence-corrected chi connectivity index (χ1v) is 5.91. The Labute approximate surface area is 118 Å². The molecule has 2 unspecified atom stereocenters. The fourth-order valence-corrected chi connectivity index (χ4v) is 1.37. The van der Waals surface area contributed by atoms with E-state index in [9.17, 15) is 31.9 Å². The number of esters is 1. The highest BCUT2D eigenvalue weighted by atomic mass is 19.4. The number of aliphatic hydroxyl groups is 2. The molecule has 0 spiro atoms. The Kier molecular flexibility index (Phi) is 6.31. The van der Waals surface area contributed by atoms with Gasteiger partial charge in [-0.05, 0) is 26.7 Å². The molecule has 0 amide bonds. The van der Waals surface area contributed by atoms with Crippen molar-refractivity contribution in [2.45, 2.75) is 50.5 Å². The maximum atomic E-state index is 13.5. The van der Waals surface area contributed by atoms with Crippen molar-refractivity contribution in [3.05, 3.63) is 12.2 Å². The average Bonchev–Trinajstić information content (AvgIpc) is 2.31. The summed E-state index contributed by atoms with van der Waals surface area (Å²) in [7, 11) is 0. The van der Waals surface area contributed by atoms with Gasteiger partial charge in [0.05, 0.1) is 6.61 Å². The number of ether oxygens (including phenoxy) is 1. The van der Waals surface area contributed by atoms with E-state index < -0.39 is 36.2 Å². The minimum atomic E-state index is -5.57. The van der Waals surface area contributed by atoms with Gasteiger partial charge in [-0.2, -0.15) is 13.2 Å². The summed E-state index contributed by atoms with van der Waals surface area (Å²) in [5.74, 6) is -5.58. The van der Waals surface area contributed by atoms with Crippen LogP contribution in [0.2, 0.25) is 0 Å². The summed E-state index contributed by atoms with van der Waals surface area (Å²) in [4.78, 5) is 11.0. The normalized spacial score (nSPS) is 17.0. The van der Waals surface area contributed by atoms with E-state index in [4.69, 9.17) is 5.11 Å². The van der Waals surface area contributed by atoms with Crippen LogP contribution in [0, 0.1) is 0 Å². The maximum absolute atomic E-state index is 13.5. The molecule has 0 radical (unpaired) electrons. The lowest BCUT2D eigenvalue weighted by molar-refractivity contribution is -0.311. The second-order valence-electron chi connectivity index (χ2n) is 4.86. The van der Waals surface area contributed by atoms with Gasteiger partial charge in [-0.25, -0.2) is 13.6 Å². The number of halogens is 5. The van der Waals surface area contributed by atoms with E-state index >= 15 is 0 Å². The number of carbonyl (C=O) groups is 1. The van der Waals surface area contributed by atoms with Gasteiger partial charge in [0.15, 0.2) is 0 Å². The van der Waals surface area contributed by atoms with Crippen LogP contribution in [-0.4, -0.2) is 46.6 Å². The first kappa shape index (κ1) is 19.8. The van der Waals surface area contributed by atoms with Crippen LogP contribution in [0.15, 0.2) is 12.2 Å².